The number of fused-ring (bicyclic) bond motifs is 3. The number of aliphatic hydroxyl groups excluding tert-OH is 1. The number of aryl methyl sites for hydroxylation is 1. The molecule has 11 nitrogen and oxygen atoms in total. The summed E-state index contributed by atoms with van der Waals surface area (Å²) >= 11 is 6.32. The maximum absolute atomic E-state index is 13.9. The van der Waals surface area contributed by atoms with Gasteiger partial charge in [0.15, 0.2) is 5.25 Å². The average Bonchev–Trinajstić information content (AvgIpc) is 3.12. The number of nitrogens with zero attached hydrogens (tertiary/aromatic N) is 2. The molecule has 50 heavy (non-hydrogen) atoms. The van der Waals surface area contributed by atoms with E-state index in [-0.39, 0.29) is 55.2 Å². The Morgan fingerprint density at radius 2 is 1.80 bits per heavy atom. The Morgan fingerprint density at radius 1 is 1.00 bits per heavy atom. The predicted molar refractivity (Wildman–Crippen MR) is 189 cm³/mol. The van der Waals surface area contributed by atoms with Gasteiger partial charge in [0.25, 0.3) is 5.91 Å². The van der Waals surface area contributed by atoms with E-state index in [2.05, 4.69) is 9.62 Å². The van der Waals surface area contributed by atoms with Gasteiger partial charge in [-0.3, -0.25) is 14.4 Å². The molecule has 2 fully saturated rings. The van der Waals surface area contributed by atoms with Crippen LogP contribution in [0.25, 0.3) is 0 Å². The molecule has 0 unspecified atom stereocenters. The minimum absolute atomic E-state index is 0.0249. The molecule has 2 N–H and O–H groups in total. The molecule has 270 valence electrons. The van der Waals surface area contributed by atoms with Crippen molar-refractivity contribution in [2.45, 2.75) is 75.7 Å². The molecule has 1 saturated carbocycles. The number of carbonyl (C=O) groups excluding carboxylic acids is 3. The second-order valence-corrected chi connectivity index (χ2v) is 16.2. The van der Waals surface area contributed by atoms with Crippen LogP contribution < -0.4 is 14.4 Å². The number of nitrogens with one attached hydrogen (secondary N) is 1. The fourth-order valence-corrected chi connectivity index (χ4v) is 9.21. The van der Waals surface area contributed by atoms with Gasteiger partial charge in [-0.1, -0.05) is 29.8 Å². The summed E-state index contributed by atoms with van der Waals surface area (Å²) in [7, 11) is -3.17. The van der Waals surface area contributed by atoms with E-state index in [1.54, 1.807) is 30.4 Å². The zero-order chi connectivity index (χ0) is 35.4. The zero-order valence-corrected chi connectivity index (χ0v) is 30.0. The van der Waals surface area contributed by atoms with Crippen molar-refractivity contribution < 1.29 is 37.4 Å². The number of likely N-dealkylation sites (tertiary alicyclic amines) is 1. The van der Waals surface area contributed by atoms with Gasteiger partial charge in [0.2, 0.25) is 15.9 Å². The summed E-state index contributed by atoms with van der Waals surface area (Å²) in [6.45, 7) is 2.03. The van der Waals surface area contributed by atoms with E-state index in [0.29, 0.717) is 49.0 Å². The fourth-order valence-electron chi connectivity index (χ4n) is 7.64. The van der Waals surface area contributed by atoms with Crippen molar-refractivity contribution in [1.82, 2.24) is 9.62 Å². The molecular formula is C37H46ClN3O8S. The molecule has 3 aliphatic heterocycles. The maximum Gasteiger partial charge on any atom is 0.308 e. The van der Waals surface area contributed by atoms with E-state index in [4.69, 9.17) is 21.1 Å². The first kappa shape index (κ1) is 36.2. The summed E-state index contributed by atoms with van der Waals surface area (Å²) in [5.74, 6) is -1.36. The number of methoxy groups -OCH3 is 1. The minimum atomic E-state index is -4.49. The van der Waals surface area contributed by atoms with Crippen molar-refractivity contribution in [2.24, 2.45) is 17.8 Å². The molecule has 13 heteroatoms. The molecule has 4 atom stereocenters. The highest BCUT2D eigenvalue weighted by molar-refractivity contribution is 7.91. The molecule has 2 aromatic rings. The molecule has 0 radical (unpaired) electrons. The number of halogens is 1. The van der Waals surface area contributed by atoms with E-state index >= 15 is 0 Å². The first-order valence-corrected chi connectivity index (χ1v) is 19.5. The lowest BCUT2D eigenvalue weighted by Gasteiger charge is -2.42. The Morgan fingerprint density at radius 3 is 2.54 bits per heavy atom. The van der Waals surface area contributed by atoms with Gasteiger partial charge in [0, 0.05) is 36.8 Å². The van der Waals surface area contributed by atoms with Crippen molar-refractivity contribution in [3.8, 4) is 5.75 Å². The largest absolute Gasteiger partial charge is 0.487 e. The number of piperidine rings is 1. The molecule has 2 aromatic carbocycles. The second-order valence-electron chi connectivity index (χ2n) is 13.9. The van der Waals surface area contributed by atoms with Crippen LogP contribution in [0.5, 0.6) is 5.75 Å². The molecule has 6 rings (SSSR count). The Bertz CT molecular complexity index is 1720. The summed E-state index contributed by atoms with van der Waals surface area (Å²) in [4.78, 5) is 43.2. The van der Waals surface area contributed by atoms with Gasteiger partial charge in [-0.25, -0.2) is 13.1 Å². The summed E-state index contributed by atoms with van der Waals surface area (Å²) in [5.41, 5.74) is 2.96. The molecule has 3 heterocycles. The Kier molecular flexibility index (Phi) is 11.4. The highest BCUT2D eigenvalue weighted by Gasteiger charge is 2.40. The third kappa shape index (κ3) is 8.13. The van der Waals surface area contributed by atoms with E-state index < -0.39 is 33.2 Å². The standard InChI is InChI=1S/C37H46ClN3O8S/c1-48-37(45)24-15-18-40(19-16-24)36(44)34-8-3-2-7-32(42)30-13-10-27(30)22-41-17-5-4-6-25-20-29(38)12-9-28(25)23-49-33-14-11-26(21-31(33)41)35(43)39-50(34,46)47/h2,7,9,11-12,14,20-21,24,27,30,32,34,42H,3-6,8,10,13,15-19,22-23H2,1H3,(H,39,43)/b7-2-/t27-,30+,32-,34-/m0/s1. The third-order valence-electron chi connectivity index (χ3n) is 10.8. The van der Waals surface area contributed by atoms with Crippen molar-refractivity contribution in [1.29, 1.82) is 0 Å². The molecule has 0 spiro atoms. The van der Waals surface area contributed by atoms with Gasteiger partial charge in [-0.05, 0) is 111 Å². The lowest BCUT2D eigenvalue weighted by Crippen LogP contribution is -2.51. The molecule has 1 aliphatic carbocycles. The fraction of sp³-hybridized carbons (Fsp3) is 0.541. The first-order valence-electron chi connectivity index (χ1n) is 17.6. The quantitative estimate of drug-likeness (QED) is 0.334. The summed E-state index contributed by atoms with van der Waals surface area (Å²) in [5, 5.41) is 10.3. The molecule has 2 bridgehead atoms. The van der Waals surface area contributed by atoms with Gasteiger partial charge in [0.05, 0.1) is 24.8 Å². The summed E-state index contributed by atoms with van der Waals surface area (Å²) in [6.07, 6.45) is 8.02. The minimum Gasteiger partial charge on any atom is -0.487 e. The van der Waals surface area contributed by atoms with Crippen LogP contribution in [0.1, 0.15) is 72.9 Å². The highest BCUT2D eigenvalue weighted by atomic mass is 35.5. The smallest absolute Gasteiger partial charge is 0.308 e. The Hall–Kier alpha value is -3.61. The van der Waals surface area contributed by atoms with Crippen molar-refractivity contribution >= 4 is 45.1 Å². The van der Waals surface area contributed by atoms with Crippen LogP contribution in [0.15, 0.2) is 48.6 Å². The third-order valence-corrected chi connectivity index (χ3v) is 12.7. The number of sulfonamides is 1. The van der Waals surface area contributed by atoms with Crippen LogP contribution in [0, 0.1) is 17.8 Å². The van der Waals surface area contributed by atoms with Crippen molar-refractivity contribution in [3.63, 3.8) is 0 Å². The van der Waals surface area contributed by atoms with Crippen LogP contribution in [-0.2, 0) is 37.4 Å². The number of amides is 2. The molecular weight excluding hydrogens is 682 g/mol. The Balaban J connectivity index is 1.32. The molecule has 0 aromatic heterocycles. The van der Waals surface area contributed by atoms with Crippen LogP contribution in [0.3, 0.4) is 0 Å². The number of anilines is 1. The van der Waals surface area contributed by atoms with E-state index in [1.807, 2.05) is 18.2 Å². The van der Waals surface area contributed by atoms with Gasteiger partial charge in [-0.2, -0.15) is 0 Å². The predicted octanol–water partition coefficient (Wildman–Crippen LogP) is 4.64. The number of esters is 1. The second kappa shape index (κ2) is 15.7. The van der Waals surface area contributed by atoms with Crippen LogP contribution >= 0.6 is 11.6 Å². The topological polar surface area (TPSA) is 143 Å². The number of ether oxygens (including phenoxy) is 2. The molecule has 1 saturated heterocycles. The number of rotatable bonds is 2. The summed E-state index contributed by atoms with van der Waals surface area (Å²) in [6, 6.07) is 10.7. The number of hydrogen-bond donors (Lipinski definition) is 2. The SMILES string of the molecule is COC(=O)C1CCN(C(=O)[C@@H]2CC/C=C\[C@H](O)[C@@H]3CC[C@H]3CN3CCCCc4cc(Cl)ccc4COc4ccc(cc43)C(=O)NS2(=O)=O)CC1. The molecule has 4 aliphatic rings. The zero-order valence-electron chi connectivity index (χ0n) is 28.4. The number of allylic oxidation sites excluding steroid dienone is 1. The lowest BCUT2D eigenvalue weighted by molar-refractivity contribution is -0.148. The lowest BCUT2D eigenvalue weighted by atomic mass is 9.70. The van der Waals surface area contributed by atoms with Crippen LogP contribution in [0.2, 0.25) is 5.02 Å². The number of aliphatic hydroxyl groups is 1. The van der Waals surface area contributed by atoms with Crippen molar-refractivity contribution in [3.05, 3.63) is 70.3 Å². The number of carbonyl (C=O) groups is 3. The normalized spacial score (nSPS) is 26.8. The van der Waals surface area contributed by atoms with E-state index in [0.717, 1.165) is 43.2 Å². The van der Waals surface area contributed by atoms with Crippen LogP contribution in [0.4, 0.5) is 5.69 Å². The average molecular weight is 728 g/mol. The van der Waals surface area contributed by atoms with Gasteiger partial charge >= 0.3 is 5.97 Å². The highest BCUT2D eigenvalue weighted by Crippen LogP contribution is 2.41. The van der Waals surface area contributed by atoms with Crippen molar-refractivity contribution in [2.75, 3.05) is 38.2 Å². The van der Waals surface area contributed by atoms with E-state index in [1.165, 1.54) is 12.0 Å². The first-order chi connectivity index (χ1) is 24.0. The monoisotopic (exact) mass is 727 g/mol. The number of benzene rings is 2. The maximum atomic E-state index is 13.9. The van der Waals surface area contributed by atoms with Gasteiger partial charge in [0.1, 0.15) is 12.4 Å². The van der Waals surface area contributed by atoms with E-state index in [9.17, 15) is 27.9 Å². The van der Waals surface area contributed by atoms with Gasteiger partial charge in [-0.15, -0.1) is 0 Å². The Labute approximate surface area is 299 Å². The molecule has 2 amide bonds. The summed E-state index contributed by atoms with van der Waals surface area (Å²) < 4.78 is 41.2. The van der Waals surface area contributed by atoms with Gasteiger partial charge < -0.3 is 24.4 Å². The van der Waals surface area contributed by atoms with Crippen LogP contribution in [-0.4, -0.2) is 80.9 Å². The number of hydrogen-bond acceptors (Lipinski definition) is 9.